The van der Waals surface area contributed by atoms with E-state index in [-0.39, 0.29) is 5.82 Å². The largest absolute Gasteiger partial charge is 0.332 e. The minimum atomic E-state index is -0.423. The van der Waals surface area contributed by atoms with Gasteiger partial charge in [-0.15, -0.1) is 0 Å². The number of aromatic nitrogens is 2. The lowest BCUT2D eigenvalue weighted by Crippen LogP contribution is -2.35. The fraction of sp³-hybridized carbons (Fsp3) is 0.143. The minimum Gasteiger partial charge on any atom is -0.281 e. The quantitative estimate of drug-likeness (QED) is 0.610. The Balaban J connectivity index is 2.39. The van der Waals surface area contributed by atoms with Crippen LogP contribution in [0.15, 0.2) is 44.9 Å². The second-order valence-electron chi connectivity index (χ2n) is 4.20. The van der Waals surface area contributed by atoms with Crippen molar-refractivity contribution in [2.24, 2.45) is 19.1 Å². The molecule has 6 nitrogen and oxygen atoms in total. The molecule has 20 heavy (non-hydrogen) atoms. The molecule has 0 aliphatic heterocycles. The van der Waals surface area contributed by atoms with E-state index >= 15 is 0 Å². The number of hydrogen-bond donors (Lipinski definition) is 0. The summed E-state index contributed by atoms with van der Waals surface area (Å²) in [5.41, 5.74) is 0.505. The lowest BCUT2D eigenvalue weighted by Gasteiger charge is -2.04. The Morgan fingerprint density at radius 2 is 1.80 bits per heavy atom. The molecular weight excluding hydrogens is 256 g/mol. The van der Waals surface area contributed by atoms with E-state index in [2.05, 4.69) is 9.84 Å². The van der Waals surface area contributed by atoms with Crippen molar-refractivity contribution in [3.05, 3.63) is 68.2 Å². The summed E-state index contributed by atoms with van der Waals surface area (Å²) >= 11 is 0. The van der Waals surface area contributed by atoms with Crippen LogP contribution in [-0.2, 0) is 14.1 Å². The summed E-state index contributed by atoms with van der Waals surface area (Å²) in [5, 5.41) is 0. The van der Waals surface area contributed by atoms with Crippen LogP contribution < -0.4 is 11.2 Å². The Kier molecular flexibility index (Phi) is 3.62. The fourth-order valence-electron chi connectivity index (χ4n) is 1.62. The Morgan fingerprint density at radius 1 is 1.15 bits per heavy atom. The topological polar surface area (TPSA) is 60.7 Å². The molecule has 2 rings (SSSR count). The van der Waals surface area contributed by atoms with Crippen LogP contribution >= 0.6 is 0 Å². The highest BCUT2D eigenvalue weighted by atomic mass is 16.2. The maximum atomic E-state index is 11.7. The van der Waals surface area contributed by atoms with Crippen molar-refractivity contribution in [1.29, 1.82) is 0 Å². The second kappa shape index (κ2) is 5.36. The highest BCUT2D eigenvalue weighted by Gasteiger charge is 2.03. The van der Waals surface area contributed by atoms with Crippen molar-refractivity contribution in [2.75, 3.05) is 0 Å². The van der Waals surface area contributed by atoms with Gasteiger partial charge in [-0.05, 0) is 5.56 Å². The summed E-state index contributed by atoms with van der Waals surface area (Å²) in [6, 6.07) is 8.15. The van der Waals surface area contributed by atoms with Crippen LogP contribution in [0.25, 0.3) is 4.85 Å². The van der Waals surface area contributed by atoms with E-state index in [4.69, 9.17) is 6.57 Å². The molecule has 0 aliphatic carbocycles. The number of rotatable bonds is 2. The molecule has 0 fully saturated rings. The molecule has 0 N–H and O–H groups in total. The van der Waals surface area contributed by atoms with E-state index in [1.807, 2.05) is 0 Å². The van der Waals surface area contributed by atoms with Gasteiger partial charge in [0.25, 0.3) is 5.56 Å². The molecule has 0 radical (unpaired) electrons. The molecule has 0 saturated heterocycles. The van der Waals surface area contributed by atoms with Crippen LogP contribution in [0.5, 0.6) is 0 Å². The maximum absolute atomic E-state index is 11.7. The SMILES string of the molecule is [C-]#[N+]c1ccc(/C=N/c2cc(=O)n(C)c(=O)n2C)cc1. The first-order valence-corrected chi connectivity index (χ1v) is 5.81. The summed E-state index contributed by atoms with van der Waals surface area (Å²) in [6.45, 7) is 6.86. The Hall–Kier alpha value is -2.94. The second-order valence-corrected chi connectivity index (χ2v) is 4.20. The summed E-state index contributed by atoms with van der Waals surface area (Å²) < 4.78 is 2.31. The summed E-state index contributed by atoms with van der Waals surface area (Å²) in [6.07, 6.45) is 1.54. The normalized spacial score (nSPS) is 10.7. The van der Waals surface area contributed by atoms with E-state index < -0.39 is 11.2 Å². The van der Waals surface area contributed by atoms with Gasteiger partial charge in [-0.25, -0.2) is 14.6 Å². The monoisotopic (exact) mass is 268 g/mol. The van der Waals surface area contributed by atoms with E-state index in [1.54, 1.807) is 37.5 Å². The van der Waals surface area contributed by atoms with Crippen LogP contribution in [0.4, 0.5) is 11.5 Å². The van der Waals surface area contributed by atoms with Crippen LogP contribution in [0.1, 0.15) is 5.56 Å². The highest BCUT2D eigenvalue weighted by molar-refractivity contribution is 5.82. The van der Waals surface area contributed by atoms with Gasteiger partial charge in [-0.1, -0.05) is 24.3 Å². The standard InChI is InChI=1S/C14H12N4O2/c1-15-11-6-4-10(5-7-11)9-16-12-8-13(19)18(3)14(20)17(12)2/h4-9H,2-3H3/b16-9+. The molecule has 0 amide bonds. The van der Waals surface area contributed by atoms with Gasteiger partial charge in [0.05, 0.1) is 6.57 Å². The first-order valence-electron chi connectivity index (χ1n) is 5.81. The van der Waals surface area contributed by atoms with E-state index in [0.29, 0.717) is 5.69 Å². The third-order valence-electron chi connectivity index (χ3n) is 2.87. The molecule has 6 heteroatoms. The molecule has 1 heterocycles. The molecule has 0 saturated carbocycles. The van der Waals surface area contributed by atoms with Gasteiger partial charge >= 0.3 is 5.69 Å². The smallest absolute Gasteiger partial charge is 0.281 e. The highest BCUT2D eigenvalue weighted by Crippen LogP contribution is 2.12. The molecule has 0 unspecified atom stereocenters. The molecule has 0 spiro atoms. The van der Waals surface area contributed by atoms with E-state index in [1.165, 1.54) is 17.7 Å². The van der Waals surface area contributed by atoms with E-state index in [0.717, 1.165) is 10.1 Å². The zero-order valence-electron chi connectivity index (χ0n) is 11.1. The number of aliphatic imine (C=N–C) groups is 1. The Bertz CT molecular complexity index is 820. The first-order chi connectivity index (χ1) is 9.52. The van der Waals surface area contributed by atoms with Crippen LogP contribution in [-0.4, -0.2) is 15.3 Å². The van der Waals surface area contributed by atoms with Gasteiger partial charge < -0.3 is 0 Å². The van der Waals surface area contributed by atoms with Crippen molar-refractivity contribution in [2.45, 2.75) is 0 Å². The molecule has 1 aromatic heterocycles. The third kappa shape index (κ3) is 2.57. The summed E-state index contributed by atoms with van der Waals surface area (Å²) in [7, 11) is 2.97. The number of nitrogens with zero attached hydrogens (tertiary/aromatic N) is 4. The predicted molar refractivity (Wildman–Crippen MR) is 76.9 cm³/mol. The van der Waals surface area contributed by atoms with Crippen LogP contribution in [0, 0.1) is 6.57 Å². The van der Waals surface area contributed by atoms with Crippen molar-refractivity contribution in [3.8, 4) is 0 Å². The number of hydrogen-bond acceptors (Lipinski definition) is 3. The third-order valence-corrected chi connectivity index (χ3v) is 2.87. The molecule has 0 atom stereocenters. The van der Waals surface area contributed by atoms with Gasteiger partial charge in [0.2, 0.25) is 0 Å². The molecule has 1 aromatic carbocycles. The van der Waals surface area contributed by atoms with Gasteiger partial charge in [0.1, 0.15) is 5.82 Å². The van der Waals surface area contributed by atoms with E-state index in [9.17, 15) is 9.59 Å². The molecule has 100 valence electrons. The van der Waals surface area contributed by atoms with Gasteiger partial charge in [0, 0.05) is 26.4 Å². The van der Waals surface area contributed by atoms with Crippen molar-refractivity contribution < 1.29 is 0 Å². The average molecular weight is 268 g/mol. The van der Waals surface area contributed by atoms with Crippen LogP contribution in [0.3, 0.4) is 0 Å². The molecule has 0 bridgehead atoms. The maximum Gasteiger partial charge on any atom is 0.332 e. The van der Waals surface area contributed by atoms with Gasteiger partial charge in [-0.2, -0.15) is 0 Å². The lowest BCUT2D eigenvalue weighted by atomic mass is 10.2. The van der Waals surface area contributed by atoms with Crippen molar-refractivity contribution in [3.63, 3.8) is 0 Å². The lowest BCUT2D eigenvalue weighted by molar-refractivity contribution is 0.689. The fourth-order valence-corrected chi connectivity index (χ4v) is 1.62. The van der Waals surface area contributed by atoms with Crippen LogP contribution in [0.2, 0.25) is 0 Å². The average Bonchev–Trinajstić information content (AvgIpc) is 2.48. The van der Waals surface area contributed by atoms with Gasteiger partial charge in [0.15, 0.2) is 5.69 Å². The molecular formula is C14H12N4O2. The van der Waals surface area contributed by atoms with Crippen molar-refractivity contribution in [1.82, 2.24) is 9.13 Å². The summed E-state index contributed by atoms with van der Waals surface area (Å²) in [5.74, 6) is 0.285. The zero-order chi connectivity index (χ0) is 14.7. The Morgan fingerprint density at radius 3 is 2.40 bits per heavy atom. The molecule has 2 aromatic rings. The van der Waals surface area contributed by atoms with Crippen molar-refractivity contribution >= 4 is 17.7 Å². The first kappa shape index (κ1) is 13.5. The predicted octanol–water partition coefficient (Wildman–Crippen LogP) is 1.39. The summed E-state index contributed by atoms with van der Waals surface area (Å²) in [4.78, 5) is 30.7. The molecule has 0 aliphatic rings. The minimum absolute atomic E-state index is 0.285. The number of benzene rings is 1. The Labute approximate surface area is 115 Å². The van der Waals surface area contributed by atoms with Gasteiger partial charge in [-0.3, -0.25) is 13.9 Å². The zero-order valence-corrected chi connectivity index (χ0v) is 11.1.